The average molecular weight is 347 g/mol. The van der Waals surface area contributed by atoms with Crippen molar-refractivity contribution in [3.05, 3.63) is 62.5 Å². The zero-order valence-corrected chi connectivity index (χ0v) is 12.6. The molecule has 1 aromatic heterocycles. The van der Waals surface area contributed by atoms with Gasteiger partial charge in [0, 0.05) is 4.47 Å². The van der Waals surface area contributed by atoms with Gasteiger partial charge in [0.25, 0.3) is 0 Å². The molecule has 0 fully saturated rings. The molecule has 0 amide bonds. The van der Waals surface area contributed by atoms with E-state index in [4.69, 9.17) is 0 Å². The summed E-state index contributed by atoms with van der Waals surface area (Å²) in [5.41, 5.74) is 2.12. The predicted molar refractivity (Wildman–Crippen MR) is 83.3 cm³/mol. The topological polar surface area (TPSA) is 75.1 Å². The second-order valence-electron chi connectivity index (χ2n) is 4.70. The number of aromatic carboxylic acids is 1. The first-order valence-electron chi connectivity index (χ1n) is 6.22. The van der Waals surface area contributed by atoms with Gasteiger partial charge in [0.15, 0.2) is 0 Å². The fourth-order valence-corrected chi connectivity index (χ4v) is 2.73. The fraction of sp³-hybridized carbons (Fsp3) is 0.0667. The van der Waals surface area contributed by atoms with E-state index in [1.54, 1.807) is 18.2 Å². The summed E-state index contributed by atoms with van der Waals surface area (Å²) in [5.74, 6) is -1.07. The Morgan fingerprint density at radius 2 is 2.05 bits per heavy atom. The molecule has 0 spiro atoms. The van der Waals surface area contributed by atoms with Crippen molar-refractivity contribution in [1.82, 2.24) is 9.55 Å². The molecule has 5 nitrogen and oxygen atoms in total. The van der Waals surface area contributed by atoms with Crippen molar-refractivity contribution in [2.75, 3.05) is 0 Å². The summed E-state index contributed by atoms with van der Waals surface area (Å²) in [4.78, 5) is 26.4. The number of nitrogens with one attached hydrogen (secondary N) is 1. The van der Waals surface area contributed by atoms with Gasteiger partial charge in [0.05, 0.1) is 22.3 Å². The van der Waals surface area contributed by atoms with Crippen LogP contribution in [-0.2, 0) is 0 Å². The molecule has 1 heterocycles. The molecule has 6 heteroatoms. The van der Waals surface area contributed by atoms with Crippen LogP contribution in [-0.4, -0.2) is 20.6 Å². The van der Waals surface area contributed by atoms with Crippen molar-refractivity contribution in [2.45, 2.75) is 6.92 Å². The SMILES string of the molecule is Cc1ccc(Br)cc1-n1c(=O)[nH]c2cccc(C(=O)O)c21. The Balaban J connectivity index is 2.48. The van der Waals surface area contributed by atoms with Crippen LogP contribution in [0.25, 0.3) is 16.7 Å². The summed E-state index contributed by atoms with van der Waals surface area (Å²) in [6.07, 6.45) is 0. The summed E-state index contributed by atoms with van der Waals surface area (Å²) >= 11 is 3.38. The number of carboxylic acid groups (broad SMARTS) is 1. The van der Waals surface area contributed by atoms with Crippen LogP contribution in [0.1, 0.15) is 15.9 Å². The molecule has 2 aromatic carbocycles. The van der Waals surface area contributed by atoms with E-state index in [2.05, 4.69) is 20.9 Å². The quantitative estimate of drug-likeness (QED) is 0.748. The minimum Gasteiger partial charge on any atom is -0.478 e. The summed E-state index contributed by atoms with van der Waals surface area (Å²) in [7, 11) is 0. The first-order chi connectivity index (χ1) is 9.99. The van der Waals surface area contributed by atoms with Crippen molar-refractivity contribution in [3.63, 3.8) is 0 Å². The van der Waals surface area contributed by atoms with Crippen LogP contribution in [0, 0.1) is 6.92 Å². The first kappa shape index (κ1) is 13.6. The Hall–Kier alpha value is -2.34. The van der Waals surface area contributed by atoms with E-state index in [0.29, 0.717) is 16.7 Å². The van der Waals surface area contributed by atoms with Gasteiger partial charge in [-0.15, -0.1) is 0 Å². The minimum absolute atomic E-state index is 0.0882. The molecule has 3 aromatic rings. The molecule has 0 aliphatic carbocycles. The number of aryl methyl sites for hydroxylation is 1. The maximum absolute atomic E-state index is 12.3. The van der Waals surface area contributed by atoms with Gasteiger partial charge in [-0.1, -0.05) is 28.1 Å². The van der Waals surface area contributed by atoms with Crippen LogP contribution in [0.4, 0.5) is 0 Å². The van der Waals surface area contributed by atoms with Crippen molar-refractivity contribution in [1.29, 1.82) is 0 Å². The monoisotopic (exact) mass is 346 g/mol. The van der Waals surface area contributed by atoms with Crippen LogP contribution < -0.4 is 5.69 Å². The molecule has 0 unspecified atom stereocenters. The number of para-hydroxylation sites is 1. The number of rotatable bonds is 2. The largest absolute Gasteiger partial charge is 0.478 e. The maximum Gasteiger partial charge on any atom is 0.337 e. The summed E-state index contributed by atoms with van der Waals surface area (Å²) in [6.45, 7) is 1.87. The zero-order chi connectivity index (χ0) is 15.1. The van der Waals surface area contributed by atoms with Gasteiger partial charge in [0.1, 0.15) is 0 Å². The van der Waals surface area contributed by atoms with E-state index < -0.39 is 5.97 Å². The second-order valence-corrected chi connectivity index (χ2v) is 5.62. The molecular formula is C15H11BrN2O3. The lowest BCUT2D eigenvalue weighted by molar-refractivity contribution is 0.0698. The lowest BCUT2D eigenvalue weighted by Crippen LogP contribution is -2.16. The highest BCUT2D eigenvalue weighted by Crippen LogP contribution is 2.24. The van der Waals surface area contributed by atoms with Crippen molar-refractivity contribution in [2.24, 2.45) is 0 Å². The standard InChI is InChI=1S/C15H11BrN2O3/c1-8-5-6-9(16)7-12(8)18-13-10(14(19)20)3-2-4-11(13)17-15(18)21/h2-7H,1H3,(H,17,21)(H,19,20). The number of H-pyrrole nitrogens is 1. The third-order valence-electron chi connectivity index (χ3n) is 3.35. The van der Waals surface area contributed by atoms with Gasteiger partial charge >= 0.3 is 11.7 Å². The Morgan fingerprint density at radius 3 is 2.76 bits per heavy atom. The summed E-state index contributed by atoms with van der Waals surface area (Å²) in [5, 5.41) is 9.35. The van der Waals surface area contributed by atoms with Gasteiger partial charge < -0.3 is 10.1 Å². The van der Waals surface area contributed by atoms with Crippen molar-refractivity contribution in [3.8, 4) is 5.69 Å². The van der Waals surface area contributed by atoms with Gasteiger partial charge in [-0.2, -0.15) is 0 Å². The number of benzene rings is 2. The number of aromatic nitrogens is 2. The highest BCUT2D eigenvalue weighted by molar-refractivity contribution is 9.10. The zero-order valence-electron chi connectivity index (χ0n) is 11.1. The molecule has 106 valence electrons. The predicted octanol–water partition coefficient (Wildman–Crippen LogP) is 3.09. The first-order valence-corrected chi connectivity index (χ1v) is 7.02. The lowest BCUT2D eigenvalue weighted by Gasteiger charge is -2.09. The number of imidazole rings is 1. The summed E-state index contributed by atoms with van der Waals surface area (Å²) < 4.78 is 2.22. The Kier molecular flexibility index (Phi) is 3.17. The average Bonchev–Trinajstić information content (AvgIpc) is 2.77. The maximum atomic E-state index is 12.3. The Labute approximate surface area is 128 Å². The molecule has 21 heavy (non-hydrogen) atoms. The van der Waals surface area contributed by atoms with Gasteiger partial charge in [-0.3, -0.25) is 4.57 Å². The van der Waals surface area contributed by atoms with E-state index in [0.717, 1.165) is 10.0 Å². The van der Waals surface area contributed by atoms with E-state index in [9.17, 15) is 14.7 Å². The Morgan fingerprint density at radius 1 is 1.29 bits per heavy atom. The minimum atomic E-state index is -1.07. The number of aromatic amines is 1. The number of carbonyl (C=O) groups is 1. The number of hydrogen-bond donors (Lipinski definition) is 2. The molecule has 0 atom stereocenters. The van der Waals surface area contributed by atoms with E-state index in [-0.39, 0.29) is 11.3 Å². The van der Waals surface area contributed by atoms with E-state index in [1.165, 1.54) is 10.6 Å². The van der Waals surface area contributed by atoms with Crippen molar-refractivity contribution >= 4 is 32.9 Å². The third-order valence-corrected chi connectivity index (χ3v) is 3.84. The molecule has 0 aliphatic rings. The normalized spacial score (nSPS) is 11.0. The summed E-state index contributed by atoms with van der Waals surface area (Å²) in [6, 6.07) is 10.3. The highest BCUT2D eigenvalue weighted by Gasteiger charge is 2.17. The van der Waals surface area contributed by atoms with Crippen LogP contribution in [0.2, 0.25) is 0 Å². The van der Waals surface area contributed by atoms with Gasteiger partial charge in [-0.25, -0.2) is 9.59 Å². The van der Waals surface area contributed by atoms with Crippen LogP contribution in [0.3, 0.4) is 0 Å². The van der Waals surface area contributed by atoms with Crippen LogP contribution >= 0.6 is 15.9 Å². The smallest absolute Gasteiger partial charge is 0.337 e. The van der Waals surface area contributed by atoms with Gasteiger partial charge in [0.2, 0.25) is 0 Å². The lowest BCUT2D eigenvalue weighted by atomic mass is 10.1. The molecule has 0 saturated carbocycles. The molecule has 2 N–H and O–H groups in total. The molecule has 3 rings (SSSR count). The molecule has 0 bridgehead atoms. The van der Waals surface area contributed by atoms with E-state index >= 15 is 0 Å². The molecular weight excluding hydrogens is 336 g/mol. The van der Waals surface area contributed by atoms with Crippen LogP contribution in [0.15, 0.2) is 45.7 Å². The number of halogens is 1. The Bertz CT molecular complexity index is 924. The van der Waals surface area contributed by atoms with Gasteiger partial charge in [-0.05, 0) is 36.8 Å². The number of fused-ring (bicyclic) bond motifs is 1. The number of carboxylic acids is 1. The van der Waals surface area contributed by atoms with E-state index in [1.807, 2.05) is 19.1 Å². The second kappa shape index (κ2) is 4.89. The molecule has 0 aliphatic heterocycles. The fourth-order valence-electron chi connectivity index (χ4n) is 2.38. The number of nitrogens with zero attached hydrogens (tertiary/aromatic N) is 1. The number of hydrogen-bond acceptors (Lipinski definition) is 2. The highest BCUT2D eigenvalue weighted by atomic mass is 79.9. The van der Waals surface area contributed by atoms with Crippen molar-refractivity contribution < 1.29 is 9.90 Å². The molecule has 0 saturated heterocycles. The molecule has 0 radical (unpaired) electrons. The third kappa shape index (κ3) is 2.17. The van der Waals surface area contributed by atoms with Crippen LogP contribution in [0.5, 0.6) is 0 Å².